The maximum atomic E-state index is 13.1. The van der Waals surface area contributed by atoms with E-state index in [1.54, 1.807) is 69.2 Å². The van der Waals surface area contributed by atoms with Crippen molar-refractivity contribution in [2.24, 2.45) is 11.8 Å². The van der Waals surface area contributed by atoms with Crippen LogP contribution in [0.2, 0.25) is 0 Å². The lowest BCUT2D eigenvalue weighted by Crippen LogP contribution is -2.50. The molecular formula is C28H48N2O12. The molecule has 14 heteroatoms. The van der Waals surface area contributed by atoms with Crippen LogP contribution in [-0.2, 0) is 42.9 Å². The Bertz CT molecular complexity index is 938. The molecule has 0 aromatic heterocycles. The molecule has 0 heterocycles. The third-order valence-electron chi connectivity index (χ3n) is 5.70. The zero-order valence-corrected chi connectivity index (χ0v) is 26.4. The molecule has 0 rings (SSSR count). The molecule has 0 radical (unpaired) electrons. The fourth-order valence-electron chi connectivity index (χ4n) is 3.19. The van der Waals surface area contributed by atoms with Crippen LogP contribution in [0.1, 0.15) is 88.5 Å². The summed E-state index contributed by atoms with van der Waals surface area (Å²) in [7, 11) is 0. The first-order valence-corrected chi connectivity index (χ1v) is 13.9. The summed E-state index contributed by atoms with van der Waals surface area (Å²) in [5.41, 5.74) is -1.64. The summed E-state index contributed by atoms with van der Waals surface area (Å²) in [5, 5.41) is 13.8. The van der Waals surface area contributed by atoms with E-state index in [1.807, 2.05) is 0 Å². The molecule has 0 saturated carbocycles. The van der Waals surface area contributed by atoms with Crippen LogP contribution < -0.4 is 10.6 Å². The quantitative estimate of drug-likeness (QED) is 0.140. The molecule has 0 saturated heterocycles. The maximum absolute atomic E-state index is 13.1. The van der Waals surface area contributed by atoms with E-state index in [9.17, 15) is 28.8 Å². The molecule has 0 aliphatic rings. The second-order valence-corrected chi connectivity index (χ2v) is 12.0. The van der Waals surface area contributed by atoms with Crippen LogP contribution in [0.4, 0.5) is 9.59 Å². The molecule has 0 spiro atoms. The van der Waals surface area contributed by atoms with Gasteiger partial charge in [0.25, 0.3) is 0 Å². The van der Waals surface area contributed by atoms with E-state index in [1.165, 1.54) is 0 Å². The van der Waals surface area contributed by atoms with Crippen LogP contribution in [0.25, 0.3) is 0 Å². The van der Waals surface area contributed by atoms with E-state index < -0.39 is 91.0 Å². The van der Waals surface area contributed by atoms with Crippen LogP contribution in [0, 0.1) is 11.8 Å². The Morgan fingerprint density at radius 1 is 0.690 bits per heavy atom. The van der Waals surface area contributed by atoms with Crippen LogP contribution in [0.5, 0.6) is 0 Å². The number of carbonyl (C=O) groups is 6. The van der Waals surface area contributed by atoms with Crippen molar-refractivity contribution >= 4 is 36.1 Å². The number of aliphatic carboxylic acids is 1. The van der Waals surface area contributed by atoms with Crippen molar-refractivity contribution in [3.8, 4) is 0 Å². The summed E-state index contributed by atoms with van der Waals surface area (Å²) in [6, 6.07) is -2.28. The lowest BCUT2D eigenvalue weighted by Gasteiger charge is -2.28. The van der Waals surface area contributed by atoms with Gasteiger partial charge in [-0.2, -0.15) is 0 Å². The third kappa shape index (κ3) is 16.6. The van der Waals surface area contributed by atoms with Crippen molar-refractivity contribution in [2.45, 2.75) is 118 Å². The van der Waals surface area contributed by atoms with Crippen molar-refractivity contribution in [1.29, 1.82) is 0 Å². The molecule has 0 aliphatic carbocycles. The van der Waals surface area contributed by atoms with Gasteiger partial charge in [0.2, 0.25) is 0 Å². The molecule has 14 nitrogen and oxygen atoms in total. The first-order chi connectivity index (χ1) is 19.2. The van der Waals surface area contributed by atoms with Crippen molar-refractivity contribution in [3.63, 3.8) is 0 Å². The van der Waals surface area contributed by atoms with Crippen LogP contribution in [-0.4, -0.2) is 83.8 Å². The lowest BCUT2D eigenvalue weighted by atomic mass is 9.99. The molecule has 1 unspecified atom stereocenters. The van der Waals surface area contributed by atoms with E-state index in [0.717, 1.165) is 0 Å². The van der Waals surface area contributed by atoms with E-state index in [-0.39, 0.29) is 5.92 Å². The topological polar surface area (TPSA) is 193 Å². The van der Waals surface area contributed by atoms with E-state index in [4.69, 9.17) is 28.8 Å². The molecule has 242 valence electrons. The van der Waals surface area contributed by atoms with Crippen LogP contribution in [0.15, 0.2) is 0 Å². The van der Waals surface area contributed by atoms with Gasteiger partial charge in [-0.3, -0.25) is 9.59 Å². The normalized spacial score (nSPS) is 15.1. The monoisotopic (exact) mass is 604 g/mol. The van der Waals surface area contributed by atoms with Crippen LogP contribution >= 0.6 is 0 Å². The Kier molecular flexibility index (Phi) is 15.9. The lowest BCUT2D eigenvalue weighted by molar-refractivity contribution is -0.170. The number of hydrogen-bond donors (Lipinski definition) is 3. The fraction of sp³-hybridized carbons (Fsp3) is 0.786. The SMILES string of the molecule is CC[C@H](C)[C@H](NC(=O)OC(C)(C)C)C(=O)OCC(COC(=O)CC(=O)O)OC(=O)[C@@H](NC(=O)OC(C)(C)C)[C@@H](C)CC. The van der Waals surface area contributed by atoms with Crippen molar-refractivity contribution in [3.05, 3.63) is 0 Å². The van der Waals surface area contributed by atoms with Gasteiger partial charge in [-0.05, 0) is 53.4 Å². The summed E-state index contributed by atoms with van der Waals surface area (Å²) in [6.07, 6.45) is -3.04. The number of carboxylic acid groups (broad SMARTS) is 1. The predicted molar refractivity (Wildman–Crippen MR) is 149 cm³/mol. The minimum Gasteiger partial charge on any atom is -0.481 e. The number of ether oxygens (including phenoxy) is 5. The average Bonchev–Trinajstić information content (AvgIpc) is 2.83. The van der Waals surface area contributed by atoms with Gasteiger partial charge in [0, 0.05) is 0 Å². The van der Waals surface area contributed by atoms with Crippen molar-refractivity contribution < 1.29 is 57.6 Å². The van der Waals surface area contributed by atoms with E-state index in [0.29, 0.717) is 12.8 Å². The van der Waals surface area contributed by atoms with Crippen molar-refractivity contribution in [2.75, 3.05) is 13.2 Å². The van der Waals surface area contributed by atoms with Gasteiger partial charge in [-0.25, -0.2) is 19.2 Å². The molecule has 0 aliphatic heterocycles. The smallest absolute Gasteiger partial charge is 0.408 e. The standard InChI is InChI=1S/C28H48N2O12/c1-11-16(3)21(29-25(36)41-27(5,6)7)23(34)39-15-18(14-38-20(33)13-19(31)32)40-24(35)22(17(4)12-2)30-26(37)42-28(8,9)10/h16-18,21-22H,11-15H2,1-10H3,(H,29,36)(H,30,37)(H,31,32)/t16-,17-,18?,21-,22-/m0/s1. The molecule has 2 amide bonds. The van der Waals surface area contributed by atoms with Gasteiger partial charge < -0.3 is 39.4 Å². The van der Waals surface area contributed by atoms with Gasteiger partial charge in [-0.15, -0.1) is 0 Å². The number of esters is 3. The third-order valence-corrected chi connectivity index (χ3v) is 5.70. The molecule has 0 aromatic carbocycles. The molecule has 42 heavy (non-hydrogen) atoms. The summed E-state index contributed by atoms with van der Waals surface area (Å²) in [6.45, 7) is 15.7. The molecule has 0 aromatic rings. The highest BCUT2D eigenvalue weighted by molar-refractivity contribution is 5.90. The summed E-state index contributed by atoms with van der Waals surface area (Å²) in [4.78, 5) is 73.5. The molecular weight excluding hydrogens is 556 g/mol. The van der Waals surface area contributed by atoms with Crippen LogP contribution in [0.3, 0.4) is 0 Å². The Labute approximate surface area is 247 Å². The highest BCUT2D eigenvalue weighted by atomic mass is 16.6. The largest absolute Gasteiger partial charge is 0.481 e. The fourth-order valence-corrected chi connectivity index (χ4v) is 3.19. The minimum atomic E-state index is -1.43. The second-order valence-electron chi connectivity index (χ2n) is 12.0. The molecule has 0 fully saturated rings. The number of nitrogens with one attached hydrogen (secondary N) is 2. The number of carboxylic acids is 1. The molecule has 3 N–H and O–H groups in total. The van der Waals surface area contributed by atoms with Crippen molar-refractivity contribution in [1.82, 2.24) is 10.6 Å². The van der Waals surface area contributed by atoms with Gasteiger partial charge in [0.05, 0.1) is 0 Å². The number of carbonyl (C=O) groups excluding carboxylic acids is 5. The summed E-state index contributed by atoms with van der Waals surface area (Å²) >= 11 is 0. The zero-order chi connectivity index (χ0) is 32.8. The highest BCUT2D eigenvalue weighted by Gasteiger charge is 2.34. The Morgan fingerprint density at radius 2 is 1.10 bits per heavy atom. The Hall–Kier alpha value is -3.58. The van der Waals surface area contributed by atoms with Gasteiger partial charge in [-0.1, -0.05) is 40.5 Å². The van der Waals surface area contributed by atoms with Gasteiger partial charge in [0.15, 0.2) is 6.10 Å². The second kappa shape index (κ2) is 17.4. The zero-order valence-electron chi connectivity index (χ0n) is 26.4. The molecule has 0 bridgehead atoms. The van der Waals surface area contributed by atoms with E-state index in [2.05, 4.69) is 10.6 Å². The average molecular weight is 605 g/mol. The summed E-state index contributed by atoms with van der Waals surface area (Å²) < 4.78 is 26.2. The number of hydrogen-bond acceptors (Lipinski definition) is 11. The van der Waals surface area contributed by atoms with Gasteiger partial charge >= 0.3 is 36.1 Å². The molecule has 5 atom stereocenters. The number of rotatable bonds is 15. The maximum Gasteiger partial charge on any atom is 0.408 e. The summed E-state index contributed by atoms with van der Waals surface area (Å²) in [5.74, 6) is -5.09. The first kappa shape index (κ1) is 38.4. The minimum absolute atomic E-state index is 0.368. The Morgan fingerprint density at radius 3 is 1.48 bits per heavy atom. The number of amides is 2. The predicted octanol–water partition coefficient (Wildman–Crippen LogP) is 3.34. The first-order valence-electron chi connectivity index (χ1n) is 13.9. The Balaban J connectivity index is 5.80. The van der Waals surface area contributed by atoms with Gasteiger partial charge in [0.1, 0.15) is 42.9 Å². The van der Waals surface area contributed by atoms with E-state index >= 15 is 0 Å². The number of alkyl carbamates (subject to hydrolysis) is 2. The highest BCUT2D eigenvalue weighted by Crippen LogP contribution is 2.15.